The van der Waals surface area contributed by atoms with Crippen LogP contribution >= 0.6 is 0 Å². The highest BCUT2D eigenvalue weighted by Crippen LogP contribution is 2.39. The number of nitrogens with zero attached hydrogens (tertiary/aromatic N) is 1. The van der Waals surface area contributed by atoms with Gasteiger partial charge in [-0.25, -0.2) is 13.8 Å². The zero-order valence-electron chi connectivity index (χ0n) is 15.2. The summed E-state index contributed by atoms with van der Waals surface area (Å²) < 4.78 is 26.7. The molecule has 1 aliphatic rings. The number of nitrogens with one attached hydrogen (secondary N) is 2. The van der Waals surface area contributed by atoms with Gasteiger partial charge in [-0.15, -0.1) is 0 Å². The number of aromatic nitrogens is 2. The number of H-pyrrole nitrogens is 1. The molecule has 1 aromatic heterocycles. The van der Waals surface area contributed by atoms with Crippen molar-refractivity contribution in [1.29, 1.82) is 0 Å². The number of piperidine rings is 1. The molecule has 1 aliphatic heterocycles. The lowest BCUT2D eigenvalue weighted by molar-refractivity contribution is -0.122. The molecule has 0 aliphatic carbocycles. The van der Waals surface area contributed by atoms with Crippen LogP contribution in [0.25, 0.3) is 11.4 Å². The minimum absolute atomic E-state index is 0.143. The highest BCUT2D eigenvalue weighted by Gasteiger charge is 2.37. The van der Waals surface area contributed by atoms with E-state index in [2.05, 4.69) is 27.4 Å². The fourth-order valence-corrected chi connectivity index (χ4v) is 3.68. The van der Waals surface area contributed by atoms with Crippen LogP contribution in [0.4, 0.5) is 8.78 Å². The lowest BCUT2D eigenvalue weighted by Gasteiger charge is -2.37. The van der Waals surface area contributed by atoms with Crippen molar-refractivity contribution in [3.8, 4) is 11.4 Å². The summed E-state index contributed by atoms with van der Waals surface area (Å²) in [7, 11) is 0. The van der Waals surface area contributed by atoms with Crippen LogP contribution in [0, 0.1) is 11.6 Å². The van der Waals surface area contributed by atoms with Crippen LogP contribution in [0.5, 0.6) is 0 Å². The Kier molecular flexibility index (Phi) is 6.16. The van der Waals surface area contributed by atoms with Crippen molar-refractivity contribution in [3.63, 3.8) is 0 Å². The van der Waals surface area contributed by atoms with E-state index in [0.717, 1.165) is 37.7 Å². The number of carbonyl (C=O) groups is 1. The van der Waals surface area contributed by atoms with E-state index >= 15 is 0 Å². The molecule has 5 nitrogen and oxygen atoms in total. The Morgan fingerprint density at radius 1 is 1.04 bits per heavy atom. The fraction of sp³-hybridized carbons (Fsp3) is 0.238. The van der Waals surface area contributed by atoms with Gasteiger partial charge in [-0.1, -0.05) is 30.3 Å². The predicted molar refractivity (Wildman–Crippen MR) is 102 cm³/mol. The van der Waals surface area contributed by atoms with E-state index in [0.29, 0.717) is 11.4 Å². The average molecular weight is 385 g/mol. The molecule has 3 N–H and O–H groups in total. The lowest BCUT2D eigenvalue weighted by atomic mass is 9.71. The third-order valence-corrected chi connectivity index (χ3v) is 5.07. The zero-order chi connectivity index (χ0) is 20.0. The van der Waals surface area contributed by atoms with Crippen LogP contribution in [0.15, 0.2) is 54.7 Å². The number of hydrogen-bond donors (Lipinski definition) is 3. The van der Waals surface area contributed by atoms with Gasteiger partial charge in [0.05, 0.1) is 0 Å². The minimum Gasteiger partial charge on any atom is -0.483 e. The van der Waals surface area contributed by atoms with Crippen molar-refractivity contribution >= 4 is 6.47 Å². The van der Waals surface area contributed by atoms with E-state index in [1.165, 1.54) is 11.6 Å². The van der Waals surface area contributed by atoms with E-state index in [9.17, 15) is 8.78 Å². The monoisotopic (exact) mass is 385 g/mol. The van der Waals surface area contributed by atoms with Gasteiger partial charge in [-0.2, -0.15) is 0 Å². The minimum atomic E-state index is -0.866. The first-order chi connectivity index (χ1) is 13.6. The van der Waals surface area contributed by atoms with Crippen LogP contribution in [0.3, 0.4) is 0 Å². The maximum absolute atomic E-state index is 13.5. The van der Waals surface area contributed by atoms with Crippen molar-refractivity contribution in [1.82, 2.24) is 15.3 Å². The van der Waals surface area contributed by atoms with Gasteiger partial charge >= 0.3 is 0 Å². The second-order valence-corrected chi connectivity index (χ2v) is 6.58. The van der Waals surface area contributed by atoms with Crippen LogP contribution in [-0.2, 0) is 10.2 Å². The van der Waals surface area contributed by atoms with Gasteiger partial charge in [0.15, 0.2) is 11.6 Å². The van der Waals surface area contributed by atoms with E-state index in [1.54, 1.807) is 6.07 Å². The molecule has 0 saturated carbocycles. The highest BCUT2D eigenvalue weighted by atomic mass is 19.2. The van der Waals surface area contributed by atoms with Crippen molar-refractivity contribution in [2.45, 2.75) is 18.3 Å². The fourth-order valence-electron chi connectivity index (χ4n) is 3.68. The van der Waals surface area contributed by atoms with E-state index in [1.807, 2.05) is 24.4 Å². The lowest BCUT2D eigenvalue weighted by Crippen LogP contribution is -2.41. The van der Waals surface area contributed by atoms with Crippen LogP contribution in [-0.4, -0.2) is 34.6 Å². The first-order valence-electron chi connectivity index (χ1n) is 8.96. The number of benzene rings is 2. The molecular weight excluding hydrogens is 364 g/mol. The molecule has 4 rings (SSSR count). The van der Waals surface area contributed by atoms with Gasteiger partial charge < -0.3 is 15.4 Å². The molecule has 2 heterocycles. The number of carboxylic acid groups (broad SMARTS) is 1. The SMILES string of the molecule is Fc1ccc(-c2ncc(C3(c4ccccc4)CCNCC3)[nH]2)cc1F.O=CO. The molecule has 1 fully saturated rings. The Morgan fingerprint density at radius 2 is 1.71 bits per heavy atom. The summed E-state index contributed by atoms with van der Waals surface area (Å²) in [5.74, 6) is -1.16. The molecule has 0 amide bonds. The van der Waals surface area contributed by atoms with Crippen molar-refractivity contribution in [2.24, 2.45) is 0 Å². The normalized spacial score (nSPS) is 15.4. The number of aromatic amines is 1. The third kappa shape index (κ3) is 3.94. The first kappa shape index (κ1) is 19.7. The van der Waals surface area contributed by atoms with E-state index < -0.39 is 11.6 Å². The highest BCUT2D eigenvalue weighted by molar-refractivity contribution is 5.56. The van der Waals surface area contributed by atoms with Gasteiger partial charge in [0, 0.05) is 22.9 Å². The summed E-state index contributed by atoms with van der Waals surface area (Å²) in [6.07, 6.45) is 3.74. The van der Waals surface area contributed by atoms with Crippen LogP contribution in [0.1, 0.15) is 24.1 Å². The van der Waals surface area contributed by atoms with Crippen molar-refractivity contribution in [2.75, 3.05) is 13.1 Å². The van der Waals surface area contributed by atoms with Crippen molar-refractivity contribution < 1.29 is 18.7 Å². The van der Waals surface area contributed by atoms with E-state index in [4.69, 9.17) is 9.90 Å². The molecule has 1 saturated heterocycles. The van der Waals surface area contributed by atoms with Crippen molar-refractivity contribution in [3.05, 3.63) is 77.6 Å². The molecule has 2 aromatic carbocycles. The first-order valence-corrected chi connectivity index (χ1v) is 8.96. The molecule has 0 radical (unpaired) electrons. The van der Waals surface area contributed by atoms with Crippen LogP contribution < -0.4 is 5.32 Å². The van der Waals surface area contributed by atoms with Gasteiger partial charge in [0.2, 0.25) is 0 Å². The zero-order valence-corrected chi connectivity index (χ0v) is 15.2. The Labute approximate surface area is 161 Å². The Hall–Kier alpha value is -3.06. The number of hydrogen-bond acceptors (Lipinski definition) is 3. The van der Waals surface area contributed by atoms with Gasteiger partial charge in [-0.3, -0.25) is 4.79 Å². The molecule has 28 heavy (non-hydrogen) atoms. The Morgan fingerprint density at radius 3 is 2.36 bits per heavy atom. The molecule has 7 heteroatoms. The Balaban J connectivity index is 0.000000706. The second kappa shape index (κ2) is 8.75. The summed E-state index contributed by atoms with van der Waals surface area (Å²) in [5, 5.41) is 10.3. The summed E-state index contributed by atoms with van der Waals surface area (Å²) in [6.45, 7) is 1.60. The molecule has 0 atom stereocenters. The quantitative estimate of drug-likeness (QED) is 0.601. The molecule has 146 valence electrons. The summed E-state index contributed by atoms with van der Waals surface area (Å²) in [5.41, 5.74) is 2.66. The molecule has 0 bridgehead atoms. The molecule has 0 spiro atoms. The predicted octanol–water partition coefficient (Wildman–Crippen LogP) is 3.73. The van der Waals surface area contributed by atoms with Gasteiger partial charge in [0.25, 0.3) is 6.47 Å². The Bertz CT molecular complexity index is 922. The number of imidazole rings is 1. The average Bonchev–Trinajstić information content (AvgIpc) is 3.23. The maximum atomic E-state index is 13.5. The molecule has 3 aromatic rings. The standard InChI is InChI=1S/C20H19F2N3.CH2O2/c21-16-7-6-14(12-17(16)22)19-24-13-18(25-19)20(8-10-23-11-9-20)15-4-2-1-3-5-15;2-1-3/h1-7,12-13,23H,8-11H2,(H,24,25);1H,(H,2,3). The van der Waals surface area contributed by atoms with Gasteiger partial charge in [0.1, 0.15) is 5.82 Å². The smallest absolute Gasteiger partial charge is 0.290 e. The molecular formula is C21H21F2N3O2. The summed E-state index contributed by atoms with van der Waals surface area (Å²) in [4.78, 5) is 16.2. The number of rotatable bonds is 3. The second-order valence-electron chi connectivity index (χ2n) is 6.58. The van der Waals surface area contributed by atoms with E-state index in [-0.39, 0.29) is 11.9 Å². The topological polar surface area (TPSA) is 78.0 Å². The third-order valence-electron chi connectivity index (χ3n) is 5.07. The summed E-state index contributed by atoms with van der Waals surface area (Å²) in [6, 6.07) is 14.2. The molecule has 0 unspecified atom stereocenters. The van der Waals surface area contributed by atoms with Gasteiger partial charge in [-0.05, 0) is 49.7 Å². The number of halogens is 2. The maximum Gasteiger partial charge on any atom is 0.290 e. The summed E-state index contributed by atoms with van der Waals surface area (Å²) >= 11 is 0. The largest absolute Gasteiger partial charge is 0.483 e. The van der Waals surface area contributed by atoms with Crippen LogP contribution in [0.2, 0.25) is 0 Å².